The molecule has 9 nitrogen and oxygen atoms in total. The number of esters is 1. The predicted octanol–water partition coefficient (Wildman–Crippen LogP) is 3.25. The summed E-state index contributed by atoms with van der Waals surface area (Å²) >= 11 is 0. The van der Waals surface area contributed by atoms with Crippen LogP contribution in [0.5, 0.6) is 11.6 Å². The molecule has 3 rings (SSSR count). The van der Waals surface area contributed by atoms with Gasteiger partial charge in [0.1, 0.15) is 11.6 Å². The molecule has 0 aliphatic carbocycles. The Labute approximate surface area is 180 Å². The minimum Gasteiger partial charge on any atom is -0.495 e. The minimum atomic E-state index is -0.550. The van der Waals surface area contributed by atoms with Crippen LogP contribution in [-0.2, 0) is 4.74 Å². The molecule has 0 aliphatic heterocycles. The quantitative estimate of drug-likeness (QED) is 0.504. The largest absolute Gasteiger partial charge is 0.495 e. The summed E-state index contributed by atoms with van der Waals surface area (Å²) in [6.45, 7) is 6.41. The van der Waals surface area contributed by atoms with Gasteiger partial charge in [0, 0.05) is 17.8 Å². The lowest BCUT2D eigenvalue weighted by atomic mass is 9.93. The SMILES string of the molecule is COC(=O)c1cnc(-c2cnc(C)nc2OCC(C)[C@H](C)c2ccc(OC)cn2)cn1. The first-order valence-corrected chi connectivity index (χ1v) is 9.80. The molecule has 0 aliphatic rings. The monoisotopic (exact) mass is 423 g/mol. The van der Waals surface area contributed by atoms with Crippen molar-refractivity contribution in [2.75, 3.05) is 20.8 Å². The van der Waals surface area contributed by atoms with Gasteiger partial charge in [-0.1, -0.05) is 13.8 Å². The number of hydrogen-bond acceptors (Lipinski definition) is 9. The van der Waals surface area contributed by atoms with E-state index in [0.29, 0.717) is 29.6 Å². The Morgan fingerprint density at radius 3 is 2.42 bits per heavy atom. The van der Waals surface area contributed by atoms with Crippen molar-refractivity contribution in [3.8, 4) is 22.9 Å². The second-order valence-corrected chi connectivity index (χ2v) is 7.11. The standard InChI is InChI=1S/C22H25N5O4/c1-13(14(2)18-7-6-16(29-4)8-24-18)12-31-21-17(9-23-15(3)27-21)19-10-26-20(11-25-19)22(28)30-5/h6-11,13-14H,12H2,1-5H3/t13?,14-/m0/s1. The van der Waals surface area contributed by atoms with E-state index in [1.807, 2.05) is 12.1 Å². The molecule has 3 heterocycles. The summed E-state index contributed by atoms with van der Waals surface area (Å²) in [6, 6.07) is 3.85. The molecule has 3 aromatic rings. The summed E-state index contributed by atoms with van der Waals surface area (Å²) in [5, 5.41) is 0. The topological polar surface area (TPSA) is 109 Å². The van der Waals surface area contributed by atoms with Crippen molar-refractivity contribution in [1.29, 1.82) is 0 Å². The van der Waals surface area contributed by atoms with Gasteiger partial charge in [-0.2, -0.15) is 4.98 Å². The van der Waals surface area contributed by atoms with E-state index < -0.39 is 5.97 Å². The molecule has 2 atom stereocenters. The van der Waals surface area contributed by atoms with Gasteiger partial charge in [-0.05, 0) is 25.0 Å². The van der Waals surface area contributed by atoms with Crippen LogP contribution in [0.4, 0.5) is 0 Å². The number of methoxy groups -OCH3 is 2. The lowest BCUT2D eigenvalue weighted by Crippen LogP contribution is -2.17. The number of hydrogen-bond donors (Lipinski definition) is 0. The first kappa shape index (κ1) is 22.1. The van der Waals surface area contributed by atoms with Gasteiger partial charge in [-0.15, -0.1) is 0 Å². The Morgan fingerprint density at radius 2 is 1.81 bits per heavy atom. The highest BCUT2D eigenvalue weighted by Gasteiger charge is 2.19. The highest BCUT2D eigenvalue weighted by molar-refractivity contribution is 5.86. The molecule has 0 aromatic carbocycles. The fourth-order valence-electron chi connectivity index (χ4n) is 2.84. The molecule has 162 valence electrons. The molecule has 0 amide bonds. The number of aromatic nitrogens is 5. The maximum Gasteiger partial charge on any atom is 0.358 e. The molecule has 31 heavy (non-hydrogen) atoms. The van der Waals surface area contributed by atoms with Gasteiger partial charge in [0.25, 0.3) is 0 Å². The summed E-state index contributed by atoms with van der Waals surface area (Å²) < 4.78 is 15.9. The Balaban J connectivity index is 1.75. The van der Waals surface area contributed by atoms with E-state index in [1.165, 1.54) is 19.5 Å². The van der Waals surface area contributed by atoms with Crippen LogP contribution in [0.25, 0.3) is 11.3 Å². The fourth-order valence-corrected chi connectivity index (χ4v) is 2.84. The number of rotatable bonds is 8. The van der Waals surface area contributed by atoms with Crippen LogP contribution >= 0.6 is 0 Å². The Morgan fingerprint density at radius 1 is 1.00 bits per heavy atom. The average Bonchev–Trinajstić information content (AvgIpc) is 2.81. The van der Waals surface area contributed by atoms with Crippen molar-refractivity contribution in [1.82, 2.24) is 24.9 Å². The normalized spacial score (nSPS) is 12.7. The van der Waals surface area contributed by atoms with Crippen LogP contribution in [0.2, 0.25) is 0 Å². The van der Waals surface area contributed by atoms with E-state index in [0.717, 1.165) is 11.4 Å². The third-order valence-corrected chi connectivity index (χ3v) is 4.99. The van der Waals surface area contributed by atoms with Crippen molar-refractivity contribution < 1.29 is 19.0 Å². The van der Waals surface area contributed by atoms with Crippen molar-refractivity contribution in [3.63, 3.8) is 0 Å². The number of ether oxygens (including phenoxy) is 3. The summed E-state index contributed by atoms with van der Waals surface area (Å²) in [7, 11) is 2.91. The lowest BCUT2D eigenvalue weighted by Gasteiger charge is -2.20. The summed E-state index contributed by atoms with van der Waals surface area (Å²) in [4.78, 5) is 33.1. The van der Waals surface area contributed by atoms with Crippen LogP contribution in [0.15, 0.2) is 36.9 Å². The van der Waals surface area contributed by atoms with Crippen molar-refractivity contribution in [2.24, 2.45) is 5.92 Å². The highest BCUT2D eigenvalue weighted by Crippen LogP contribution is 2.28. The summed E-state index contributed by atoms with van der Waals surface area (Å²) in [6.07, 6.45) is 6.17. The molecule has 0 bridgehead atoms. The van der Waals surface area contributed by atoms with Gasteiger partial charge >= 0.3 is 5.97 Å². The zero-order chi connectivity index (χ0) is 22.4. The number of nitrogens with zero attached hydrogens (tertiary/aromatic N) is 5. The molecule has 3 aromatic heterocycles. The van der Waals surface area contributed by atoms with Crippen molar-refractivity contribution >= 4 is 5.97 Å². The maximum absolute atomic E-state index is 11.6. The van der Waals surface area contributed by atoms with E-state index >= 15 is 0 Å². The van der Waals surface area contributed by atoms with Gasteiger partial charge in [0.15, 0.2) is 5.69 Å². The van der Waals surface area contributed by atoms with Crippen LogP contribution in [0.3, 0.4) is 0 Å². The first-order chi connectivity index (χ1) is 14.9. The van der Waals surface area contributed by atoms with E-state index in [4.69, 9.17) is 9.47 Å². The van der Waals surface area contributed by atoms with E-state index in [-0.39, 0.29) is 17.5 Å². The zero-order valence-corrected chi connectivity index (χ0v) is 18.2. The molecule has 9 heteroatoms. The zero-order valence-electron chi connectivity index (χ0n) is 18.2. The maximum atomic E-state index is 11.6. The smallest absolute Gasteiger partial charge is 0.358 e. The second kappa shape index (κ2) is 9.92. The predicted molar refractivity (Wildman–Crippen MR) is 113 cm³/mol. The third kappa shape index (κ3) is 5.30. The molecular weight excluding hydrogens is 398 g/mol. The number of aryl methyl sites for hydroxylation is 1. The van der Waals surface area contributed by atoms with Crippen LogP contribution in [0.1, 0.15) is 41.8 Å². The summed E-state index contributed by atoms with van der Waals surface area (Å²) in [5.74, 6) is 1.49. The summed E-state index contributed by atoms with van der Waals surface area (Å²) in [5.41, 5.74) is 2.17. The highest BCUT2D eigenvalue weighted by atomic mass is 16.5. The second-order valence-electron chi connectivity index (χ2n) is 7.11. The van der Waals surface area contributed by atoms with E-state index in [9.17, 15) is 4.79 Å². The van der Waals surface area contributed by atoms with Gasteiger partial charge in [0.2, 0.25) is 5.88 Å². The Kier molecular flexibility index (Phi) is 7.07. The van der Waals surface area contributed by atoms with Crippen molar-refractivity contribution in [2.45, 2.75) is 26.7 Å². The van der Waals surface area contributed by atoms with Gasteiger partial charge in [-0.25, -0.2) is 14.8 Å². The molecule has 0 N–H and O–H groups in total. The van der Waals surface area contributed by atoms with Gasteiger partial charge in [-0.3, -0.25) is 9.97 Å². The van der Waals surface area contributed by atoms with Crippen LogP contribution in [-0.4, -0.2) is 51.7 Å². The van der Waals surface area contributed by atoms with Gasteiger partial charge in [0.05, 0.1) is 50.7 Å². The number of pyridine rings is 1. The number of carbonyl (C=O) groups is 1. The van der Waals surface area contributed by atoms with Crippen LogP contribution < -0.4 is 9.47 Å². The molecule has 0 spiro atoms. The van der Waals surface area contributed by atoms with Gasteiger partial charge < -0.3 is 14.2 Å². The number of carbonyl (C=O) groups excluding carboxylic acids is 1. The average molecular weight is 423 g/mol. The molecule has 1 unspecified atom stereocenters. The van der Waals surface area contributed by atoms with E-state index in [2.05, 4.69) is 43.5 Å². The first-order valence-electron chi connectivity index (χ1n) is 9.80. The minimum absolute atomic E-state index is 0.121. The van der Waals surface area contributed by atoms with E-state index in [1.54, 1.807) is 26.4 Å². The Bertz CT molecular complexity index is 1030. The third-order valence-electron chi connectivity index (χ3n) is 4.99. The molecule has 0 saturated carbocycles. The molecular formula is C22H25N5O4. The fraction of sp³-hybridized carbons (Fsp3) is 0.364. The molecule has 0 saturated heterocycles. The van der Waals surface area contributed by atoms with Crippen molar-refractivity contribution in [3.05, 3.63) is 54.1 Å². The Hall–Kier alpha value is -3.62. The molecule has 0 fully saturated rings. The molecule has 0 radical (unpaired) electrons. The van der Waals surface area contributed by atoms with Crippen LogP contribution in [0, 0.1) is 12.8 Å². The lowest BCUT2D eigenvalue weighted by molar-refractivity contribution is 0.0593.